The Morgan fingerprint density at radius 2 is 1.65 bits per heavy atom. The molecule has 2 aliphatic rings. The number of carbonyl (C=O) groups excluding carboxylic acids is 1. The average Bonchev–Trinajstić information content (AvgIpc) is 2.66. The second-order valence-electron chi connectivity index (χ2n) is 7.36. The number of fused-ring (bicyclic) bond motifs is 2. The summed E-state index contributed by atoms with van der Waals surface area (Å²) in [5, 5.41) is 9.75. The molecule has 1 amide bonds. The molecule has 4 nitrogen and oxygen atoms in total. The molecule has 1 aliphatic heterocycles. The smallest absolute Gasteiger partial charge is 0.331 e. The normalized spacial score (nSPS) is 21.6. The summed E-state index contributed by atoms with van der Waals surface area (Å²) in [4.78, 5) is 26.4. The van der Waals surface area contributed by atoms with Gasteiger partial charge in [-0.1, -0.05) is 48.5 Å². The van der Waals surface area contributed by atoms with Crippen LogP contribution in [-0.4, -0.2) is 28.4 Å². The van der Waals surface area contributed by atoms with E-state index in [1.807, 2.05) is 30.3 Å². The minimum Gasteiger partial charge on any atom is -0.479 e. The molecule has 4 rings (SSSR count). The van der Waals surface area contributed by atoms with Gasteiger partial charge in [-0.2, -0.15) is 0 Å². The molecule has 4 heteroatoms. The number of hydrogen-bond acceptors (Lipinski definition) is 2. The van der Waals surface area contributed by atoms with E-state index in [0.29, 0.717) is 18.9 Å². The second kappa shape index (κ2) is 6.94. The molecule has 2 atom stereocenters. The van der Waals surface area contributed by atoms with Gasteiger partial charge in [-0.3, -0.25) is 4.79 Å². The minimum atomic E-state index is -0.945. The van der Waals surface area contributed by atoms with E-state index >= 15 is 0 Å². The van der Waals surface area contributed by atoms with Gasteiger partial charge in [0.15, 0.2) is 6.04 Å². The molecule has 0 bridgehead atoms. The van der Waals surface area contributed by atoms with Crippen molar-refractivity contribution in [3.63, 3.8) is 0 Å². The fourth-order valence-corrected chi connectivity index (χ4v) is 4.41. The van der Waals surface area contributed by atoms with Crippen molar-refractivity contribution in [3.05, 3.63) is 70.8 Å². The molecule has 2 aromatic carbocycles. The van der Waals surface area contributed by atoms with Crippen molar-refractivity contribution in [1.29, 1.82) is 0 Å². The number of amides is 1. The number of rotatable bonds is 3. The van der Waals surface area contributed by atoms with E-state index in [9.17, 15) is 14.7 Å². The molecular weight excluding hydrogens is 326 g/mol. The SMILES string of the molecule is O=C(O)C1c2ccccc2CCN1C(=O)CC1CCc2ccccc2C1. The van der Waals surface area contributed by atoms with E-state index in [1.54, 1.807) is 4.90 Å². The van der Waals surface area contributed by atoms with Gasteiger partial charge in [-0.15, -0.1) is 0 Å². The Balaban J connectivity index is 1.51. The fourth-order valence-electron chi connectivity index (χ4n) is 4.41. The number of hydrogen-bond donors (Lipinski definition) is 1. The van der Waals surface area contributed by atoms with E-state index in [0.717, 1.165) is 36.8 Å². The van der Waals surface area contributed by atoms with Crippen molar-refractivity contribution >= 4 is 11.9 Å². The van der Waals surface area contributed by atoms with Crippen molar-refractivity contribution < 1.29 is 14.7 Å². The van der Waals surface area contributed by atoms with E-state index < -0.39 is 12.0 Å². The van der Waals surface area contributed by atoms with Crippen molar-refractivity contribution in [2.24, 2.45) is 5.92 Å². The van der Waals surface area contributed by atoms with Crippen molar-refractivity contribution in [2.45, 2.75) is 38.1 Å². The number of carboxylic acid groups (broad SMARTS) is 1. The van der Waals surface area contributed by atoms with Crippen LogP contribution in [0.15, 0.2) is 48.5 Å². The molecule has 0 aromatic heterocycles. The van der Waals surface area contributed by atoms with Crippen LogP contribution >= 0.6 is 0 Å². The van der Waals surface area contributed by atoms with Crippen LogP contribution in [0.5, 0.6) is 0 Å². The molecular formula is C22H23NO3. The van der Waals surface area contributed by atoms with Gasteiger partial charge in [0.05, 0.1) is 0 Å². The van der Waals surface area contributed by atoms with E-state index in [4.69, 9.17) is 0 Å². The summed E-state index contributed by atoms with van der Waals surface area (Å²) in [6.07, 6.45) is 4.05. The van der Waals surface area contributed by atoms with Gasteiger partial charge in [0.1, 0.15) is 0 Å². The lowest BCUT2D eigenvalue weighted by Gasteiger charge is -2.36. The Hall–Kier alpha value is -2.62. The summed E-state index contributed by atoms with van der Waals surface area (Å²) in [7, 11) is 0. The quantitative estimate of drug-likeness (QED) is 0.924. The standard InChI is InChI=1S/C22H23NO3/c24-20(14-15-9-10-16-5-1-2-7-18(16)13-15)23-12-11-17-6-3-4-8-19(17)21(23)22(25)26/h1-8,15,21H,9-14H2,(H,25,26). The lowest BCUT2D eigenvalue weighted by molar-refractivity contribution is -0.151. The third-order valence-electron chi connectivity index (χ3n) is 5.75. The highest BCUT2D eigenvalue weighted by molar-refractivity contribution is 5.85. The number of carbonyl (C=O) groups is 2. The zero-order valence-electron chi connectivity index (χ0n) is 14.7. The summed E-state index contributed by atoms with van der Waals surface area (Å²) in [6, 6.07) is 15.1. The zero-order valence-corrected chi connectivity index (χ0v) is 14.7. The summed E-state index contributed by atoms with van der Waals surface area (Å²) < 4.78 is 0. The van der Waals surface area contributed by atoms with Crippen LogP contribution in [0.1, 0.15) is 41.1 Å². The van der Waals surface area contributed by atoms with Crippen LogP contribution in [-0.2, 0) is 28.9 Å². The third kappa shape index (κ3) is 3.12. The Kier molecular flexibility index (Phi) is 4.49. The van der Waals surface area contributed by atoms with Gasteiger partial charge in [0, 0.05) is 13.0 Å². The van der Waals surface area contributed by atoms with Gasteiger partial charge in [-0.05, 0) is 53.9 Å². The monoisotopic (exact) mass is 349 g/mol. The van der Waals surface area contributed by atoms with E-state index in [1.165, 1.54) is 11.1 Å². The van der Waals surface area contributed by atoms with Crippen LogP contribution < -0.4 is 0 Å². The first kappa shape index (κ1) is 16.8. The molecule has 1 aliphatic carbocycles. The minimum absolute atomic E-state index is 0.0312. The van der Waals surface area contributed by atoms with E-state index in [-0.39, 0.29) is 5.91 Å². The molecule has 0 radical (unpaired) electrons. The predicted octanol–water partition coefficient (Wildman–Crippen LogP) is 3.39. The molecule has 1 heterocycles. The maximum absolute atomic E-state index is 13.0. The van der Waals surface area contributed by atoms with Crippen LogP contribution in [0.25, 0.3) is 0 Å². The first-order chi connectivity index (χ1) is 12.6. The van der Waals surface area contributed by atoms with Crippen LogP contribution in [0, 0.1) is 5.92 Å². The van der Waals surface area contributed by atoms with Crippen LogP contribution in [0.2, 0.25) is 0 Å². The zero-order chi connectivity index (χ0) is 18.1. The Labute approximate surface area is 153 Å². The van der Waals surface area contributed by atoms with Crippen molar-refractivity contribution in [2.75, 3.05) is 6.54 Å². The highest BCUT2D eigenvalue weighted by Crippen LogP contribution is 2.33. The molecule has 2 unspecified atom stereocenters. The van der Waals surface area contributed by atoms with Crippen LogP contribution in [0.4, 0.5) is 0 Å². The molecule has 2 aromatic rings. The summed E-state index contributed by atoms with van der Waals surface area (Å²) >= 11 is 0. The second-order valence-corrected chi connectivity index (χ2v) is 7.36. The molecule has 134 valence electrons. The predicted molar refractivity (Wildman–Crippen MR) is 98.8 cm³/mol. The Morgan fingerprint density at radius 1 is 0.962 bits per heavy atom. The molecule has 26 heavy (non-hydrogen) atoms. The number of aryl methyl sites for hydroxylation is 1. The maximum atomic E-state index is 13.0. The number of nitrogens with zero attached hydrogens (tertiary/aromatic N) is 1. The van der Waals surface area contributed by atoms with Gasteiger partial charge in [0.2, 0.25) is 5.91 Å². The Bertz CT molecular complexity index is 845. The number of benzene rings is 2. The third-order valence-corrected chi connectivity index (χ3v) is 5.75. The highest BCUT2D eigenvalue weighted by atomic mass is 16.4. The maximum Gasteiger partial charge on any atom is 0.331 e. The Morgan fingerprint density at radius 3 is 2.42 bits per heavy atom. The lowest BCUT2D eigenvalue weighted by Crippen LogP contribution is -2.44. The fraction of sp³-hybridized carbons (Fsp3) is 0.364. The first-order valence-corrected chi connectivity index (χ1v) is 9.30. The van der Waals surface area contributed by atoms with Crippen molar-refractivity contribution in [1.82, 2.24) is 4.90 Å². The molecule has 0 saturated carbocycles. The highest BCUT2D eigenvalue weighted by Gasteiger charge is 2.36. The lowest BCUT2D eigenvalue weighted by atomic mass is 9.81. The van der Waals surface area contributed by atoms with Gasteiger partial charge in [-0.25, -0.2) is 4.79 Å². The first-order valence-electron chi connectivity index (χ1n) is 9.30. The molecule has 0 saturated heterocycles. The van der Waals surface area contributed by atoms with Gasteiger partial charge < -0.3 is 10.0 Å². The largest absolute Gasteiger partial charge is 0.479 e. The van der Waals surface area contributed by atoms with Gasteiger partial charge >= 0.3 is 5.97 Å². The molecule has 1 N–H and O–H groups in total. The summed E-state index contributed by atoms with van der Waals surface area (Å²) in [6.45, 7) is 0.482. The molecule has 0 fully saturated rings. The number of aliphatic carboxylic acids is 1. The van der Waals surface area contributed by atoms with Gasteiger partial charge in [0.25, 0.3) is 0 Å². The summed E-state index contributed by atoms with van der Waals surface area (Å²) in [5.74, 6) is -0.681. The average molecular weight is 349 g/mol. The topological polar surface area (TPSA) is 57.6 Å². The summed E-state index contributed by atoms with van der Waals surface area (Å²) in [5.41, 5.74) is 4.51. The van der Waals surface area contributed by atoms with Crippen molar-refractivity contribution in [3.8, 4) is 0 Å². The number of carboxylic acids is 1. The van der Waals surface area contributed by atoms with E-state index in [2.05, 4.69) is 18.2 Å². The van der Waals surface area contributed by atoms with Crippen LogP contribution in [0.3, 0.4) is 0 Å². The molecule has 0 spiro atoms.